The van der Waals surface area contributed by atoms with Crippen molar-refractivity contribution in [3.8, 4) is 33.8 Å². The SMILES string of the molecule is c1ccc(-c2ccccc2N(c2ccc3c(c2)C2(c4ccccc4Oc4ccc5ccccc5c42)c2ccccc2-3)c2ccc3ccccc3c2)cc1. The van der Waals surface area contributed by atoms with Crippen molar-refractivity contribution in [2.24, 2.45) is 0 Å². The van der Waals surface area contributed by atoms with Crippen LogP contribution >= 0.6 is 0 Å². The summed E-state index contributed by atoms with van der Waals surface area (Å²) in [6.45, 7) is 0. The molecule has 9 aromatic rings. The zero-order valence-electron chi connectivity index (χ0n) is 28.9. The standard InChI is InChI=1S/C51H33NO/c1-2-15-35(16-3-1)40-19-9-12-24-47(40)52(38-28-26-34-14-4-5-18-37(34)32-38)39-29-30-43-42-21-8-10-22-44(42)51(46(43)33-39)45-23-11-13-25-48(45)53-49-31-27-36-17-6-7-20-41(36)50(49)51/h1-33H. The molecule has 0 saturated heterocycles. The maximum Gasteiger partial charge on any atom is 0.132 e. The van der Waals surface area contributed by atoms with Gasteiger partial charge in [0.15, 0.2) is 0 Å². The Labute approximate surface area is 308 Å². The van der Waals surface area contributed by atoms with Gasteiger partial charge < -0.3 is 9.64 Å². The molecule has 1 heterocycles. The van der Waals surface area contributed by atoms with Crippen LogP contribution in [-0.4, -0.2) is 0 Å². The Morgan fingerprint density at radius 3 is 1.89 bits per heavy atom. The third-order valence-corrected chi connectivity index (χ3v) is 11.3. The van der Waals surface area contributed by atoms with E-state index in [2.05, 4.69) is 205 Å². The molecule has 2 aliphatic rings. The van der Waals surface area contributed by atoms with Crippen LogP contribution in [0.2, 0.25) is 0 Å². The summed E-state index contributed by atoms with van der Waals surface area (Å²) in [5.74, 6) is 1.79. The molecule has 0 N–H and O–H groups in total. The summed E-state index contributed by atoms with van der Waals surface area (Å²) < 4.78 is 6.81. The molecular formula is C51H33NO. The fourth-order valence-electron chi connectivity index (χ4n) is 9.08. The molecule has 2 nitrogen and oxygen atoms in total. The van der Waals surface area contributed by atoms with Crippen LogP contribution in [0.4, 0.5) is 17.1 Å². The molecule has 248 valence electrons. The molecule has 1 aliphatic heterocycles. The fourth-order valence-corrected chi connectivity index (χ4v) is 9.08. The van der Waals surface area contributed by atoms with Gasteiger partial charge in [-0.3, -0.25) is 0 Å². The summed E-state index contributed by atoms with van der Waals surface area (Å²) in [4.78, 5) is 2.45. The highest BCUT2D eigenvalue weighted by atomic mass is 16.5. The zero-order valence-corrected chi connectivity index (χ0v) is 28.9. The van der Waals surface area contributed by atoms with Gasteiger partial charge in [-0.15, -0.1) is 0 Å². The average Bonchev–Trinajstić information content (AvgIpc) is 3.51. The number of fused-ring (bicyclic) bond motifs is 12. The minimum Gasteiger partial charge on any atom is -0.457 e. The third kappa shape index (κ3) is 4.33. The molecule has 0 saturated carbocycles. The Hall–Kier alpha value is -6.90. The van der Waals surface area contributed by atoms with Crippen molar-refractivity contribution in [3.05, 3.63) is 222 Å². The predicted octanol–water partition coefficient (Wildman–Crippen LogP) is 13.6. The molecule has 0 aromatic heterocycles. The van der Waals surface area contributed by atoms with Gasteiger partial charge in [0.1, 0.15) is 11.5 Å². The summed E-state index contributed by atoms with van der Waals surface area (Å²) in [6.07, 6.45) is 0. The van der Waals surface area contributed by atoms with Gasteiger partial charge in [0.25, 0.3) is 0 Å². The number of hydrogen-bond acceptors (Lipinski definition) is 2. The molecule has 1 aliphatic carbocycles. The van der Waals surface area contributed by atoms with E-state index >= 15 is 0 Å². The summed E-state index contributed by atoms with van der Waals surface area (Å²) in [7, 11) is 0. The number of ether oxygens (including phenoxy) is 1. The minimum absolute atomic E-state index is 0.610. The summed E-state index contributed by atoms with van der Waals surface area (Å²) >= 11 is 0. The van der Waals surface area contributed by atoms with Crippen LogP contribution in [0.1, 0.15) is 22.3 Å². The minimum atomic E-state index is -0.610. The lowest BCUT2D eigenvalue weighted by atomic mass is 9.65. The van der Waals surface area contributed by atoms with Crippen molar-refractivity contribution >= 4 is 38.6 Å². The van der Waals surface area contributed by atoms with E-state index in [0.29, 0.717) is 0 Å². The highest BCUT2D eigenvalue weighted by molar-refractivity contribution is 5.99. The van der Waals surface area contributed by atoms with Crippen LogP contribution in [-0.2, 0) is 5.41 Å². The van der Waals surface area contributed by atoms with Crippen molar-refractivity contribution < 1.29 is 4.74 Å². The smallest absolute Gasteiger partial charge is 0.132 e. The van der Waals surface area contributed by atoms with E-state index in [0.717, 1.165) is 34.1 Å². The fraction of sp³-hybridized carbons (Fsp3) is 0.0196. The molecule has 0 amide bonds. The lowest BCUT2D eigenvalue weighted by Gasteiger charge is -2.40. The number of anilines is 3. The summed E-state index contributed by atoms with van der Waals surface area (Å²) in [5.41, 5.74) is 12.5. The first kappa shape index (κ1) is 29.8. The number of hydrogen-bond donors (Lipinski definition) is 0. The van der Waals surface area contributed by atoms with Gasteiger partial charge in [0, 0.05) is 28.1 Å². The summed E-state index contributed by atoms with van der Waals surface area (Å²) in [5, 5.41) is 4.83. The van der Waals surface area contributed by atoms with Gasteiger partial charge in [-0.25, -0.2) is 0 Å². The van der Waals surface area contributed by atoms with Crippen molar-refractivity contribution in [2.75, 3.05) is 4.90 Å². The number of benzene rings is 9. The quantitative estimate of drug-likeness (QED) is 0.184. The molecule has 1 spiro atoms. The lowest BCUT2D eigenvalue weighted by molar-refractivity contribution is 0.438. The van der Waals surface area contributed by atoms with E-state index in [1.807, 2.05) is 0 Å². The Bertz CT molecular complexity index is 2890. The second kappa shape index (κ2) is 11.6. The largest absolute Gasteiger partial charge is 0.457 e. The monoisotopic (exact) mass is 675 g/mol. The molecule has 2 heteroatoms. The molecule has 53 heavy (non-hydrogen) atoms. The van der Waals surface area contributed by atoms with E-state index < -0.39 is 5.41 Å². The van der Waals surface area contributed by atoms with E-state index in [9.17, 15) is 0 Å². The summed E-state index contributed by atoms with van der Waals surface area (Å²) in [6, 6.07) is 72.7. The van der Waals surface area contributed by atoms with Crippen molar-refractivity contribution in [1.29, 1.82) is 0 Å². The first-order valence-corrected chi connectivity index (χ1v) is 18.3. The first-order valence-electron chi connectivity index (χ1n) is 18.3. The van der Waals surface area contributed by atoms with Gasteiger partial charge in [-0.2, -0.15) is 0 Å². The predicted molar refractivity (Wildman–Crippen MR) is 219 cm³/mol. The maximum atomic E-state index is 6.81. The van der Waals surface area contributed by atoms with Gasteiger partial charge >= 0.3 is 0 Å². The molecule has 1 unspecified atom stereocenters. The van der Waals surface area contributed by atoms with Crippen LogP contribution < -0.4 is 9.64 Å². The van der Waals surface area contributed by atoms with Crippen LogP contribution in [0.5, 0.6) is 11.5 Å². The normalized spacial score (nSPS) is 15.0. The van der Waals surface area contributed by atoms with Gasteiger partial charge in [-0.05, 0) is 91.8 Å². The zero-order chi connectivity index (χ0) is 34.9. The first-order chi connectivity index (χ1) is 26.3. The van der Waals surface area contributed by atoms with E-state index in [1.54, 1.807) is 0 Å². The average molecular weight is 676 g/mol. The molecule has 11 rings (SSSR count). The van der Waals surface area contributed by atoms with E-state index in [4.69, 9.17) is 4.74 Å². The Morgan fingerprint density at radius 1 is 0.377 bits per heavy atom. The van der Waals surface area contributed by atoms with E-state index in [-0.39, 0.29) is 0 Å². The van der Waals surface area contributed by atoms with Crippen LogP contribution in [0.3, 0.4) is 0 Å². The number of rotatable bonds is 4. The Balaban J connectivity index is 1.25. The molecule has 9 aromatic carbocycles. The second-order valence-corrected chi connectivity index (χ2v) is 14.0. The molecule has 0 radical (unpaired) electrons. The molecule has 1 atom stereocenters. The van der Waals surface area contributed by atoms with Gasteiger partial charge in [0.05, 0.1) is 11.1 Å². The van der Waals surface area contributed by atoms with Crippen molar-refractivity contribution in [2.45, 2.75) is 5.41 Å². The van der Waals surface area contributed by atoms with Gasteiger partial charge in [-0.1, -0.05) is 158 Å². The highest BCUT2D eigenvalue weighted by Crippen LogP contribution is 2.64. The van der Waals surface area contributed by atoms with E-state index in [1.165, 1.54) is 60.5 Å². The van der Waals surface area contributed by atoms with Crippen molar-refractivity contribution in [1.82, 2.24) is 0 Å². The lowest BCUT2D eigenvalue weighted by Crippen LogP contribution is -2.32. The van der Waals surface area contributed by atoms with Crippen LogP contribution in [0, 0.1) is 0 Å². The number of nitrogens with zero attached hydrogens (tertiary/aromatic N) is 1. The Morgan fingerprint density at radius 2 is 1.00 bits per heavy atom. The second-order valence-electron chi connectivity index (χ2n) is 14.0. The van der Waals surface area contributed by atoms with Crippen LogP contribution in [0.15, 0.2) is 200 Å². The Kier molecular flexibility index (Phi) is 6.50. The van der Waals surface area contributed by atoms with Crippen molar-refractivity contribution in [3.63, 3.8) is 0 Å². The highest BCUT2D eigenvalue weighted by Gasteiger charge is 2.52. The maximum absolute atomic E-state index is 6.81. The molecule has 0 bridgehead atoms. The third-order valence-electron chi connectivity index (χ3n) is 11.3. The topological polar surface area (TPSA) is 12.5 Å². The molecule has 0 fully saturated rings. The van der Waals surface area contributed by atoms with Crippen LogP contribution in [0.25, 0.3) is 43.8 Å². The van der Waals surface area contributed by atoms with Gasteiger partial charge in [0.2, 0.25) is 0 Å². The number of para-hydroxylation sites is 2. The molecular weight excluding hydrogens is 643 g/mol.